The maximum Gasteiger partial charge on any atom is 0.142 e. The SMILES string of the molecule is CNC(c1cc(C)c(Cl)s1)c1cc(F)c(Cl)cc1F. The highest BCUT2D eigenvalue weighted by Gasteiger charge is 2.21. The summed E-state index contributed by atoms with van der Waals surface area (Å²) >= 11 is 12.9. The van der Waals surface area contributed by atoms with Gasteiger partial charge in [-0.2, -0.15) is 0 Å². The fourth-order valence-electron chi connectivity index (χ4n) is 1.84. The zero-order valence-corrected chi connectivity index (χ0v) is 12.6. The molecule has 0 amide bonds. The van der Waals surface area contributed by atoms with E-state index in [4.69, 9.17) is 23.2 Å². The molecule has 2 aromatic rings. The van der Waals surface area contributed by atoms with Gasteiger partial charge < -0.3 is 5.32 Å². The van der Waals surface area contributed by atoms with Gasteiger partial charge in [-0.1, -0.05) is 23.2 Å². The van der Waals surface area contributed by atoms with Crippen LogP contribution in [0.25, 0.3) is 0 Å². The van der Waals surface area contributed by atoms with E-state index in [0.717, 1.165) is 22.6 Å². The predicted octanol–water partition coefficient (Wildman–Crippen LogP) is 4.95. The van der Waals surface area contributed by atoms with Gasteiger partial charge in [-0.3, -0.25) is 0 Å². The highest BCUT2D eigenvalue weighted by Crippen LogP contribution is 2.35. The summed E-state index contributed by atoms with van der Waals surface area (Å²) in [6.07, 6.45) is 0. The molecule has 0 saturated carbocycles. The summed E-state index contributed by atoms with van der Waals surface area (Å²) in [5, 5.41) is 2.74. The van der Waals surface area contributed by atoms with Crippen LogP contribution in [-0.4, -0.2) is 7.05 Å². The van der Waals surface area contributed by atoms with Gasteiger partial charge >= 0.3 is 0 Å². The highest BCUT2D eigenvalue weighted by atomic mass is 35.5. The number of aryl methyl sites for hydroxylation is 1. The number of thiophene rings is 1. The Morgan fingerprint density at radius 3 is 2.37 bits per heavy atom. The van der Waals surface area contributed by atoms with E-state index in [2.05, 4.69) is 5.32 Å². The van der Waals surface area contributed by atoms with Crippen molar-refractivity contribution in [1.82, 2.24) is 5.32 Å². The second-order valence-corrected chi connectivity index (χ2v) is 6.21. The second-order valence-electron chi connectivity index (χ2n) is 4.12. The largest absolute Gasteiger partial charge is 0.309 e. The molecule has 0 bridgehead atoms. The molecule has 0 aliphatic carbocycles. The lowest BCUT2D eigenvalue weighted by Gasteiger charge is -2.16. The summed E-state index contributed by atoms with van der Waals surface area (Å²) in [6, 6.07) is 3.50. The molecule has 1 N–H and O–H groups in total. The lowest BCUT2D eigenvalue weighted by molar-refractivity contribution is 0.561. The van der Waals surface area contributed by atoms with Crippen molar-refractivity contribution < 1.29 is 8.78 Å². The molecule has 0 spiro atoms. The Kier molecular flexibility index (Phi) is 4.46. The van der Waals surface area contributed by atoms with Crippen LogP contribution in [0.2, 0.25) is 9.36 Å². The van der Waals surface area contributed by atoms with Crippen molar-refractivity contribution >= 4 is 34.5 Å². The van der Waals surface area contributed by atoms with Crippen molar-refractivity contribution in [2.75, 3.05) is 7.05 Å². The lowest BCUT2D eigenvalue weighted by atomic mass is 10.0. The summed E-state index contributed by atoms with van der Waals surface area (Å²) in [4.78, 5) is 0.825. The van der Waals surface area contributed by atoms with E-state index >= 15 is 0 Å². The molecule has 19 heavy (non-hydrogen) atoms. The molecule has 1 aromatic heterocycles. The lowest BCUT2D eigenvalue weighted by Crippen LogP contribution is -2.18. The van der Waals surface area contributed by atoms with Gasteiger partial charge in [0.15, 0.2) is 0 Å². The average molecular weight is 322 g/mol. The van der Waals surface area contributed by atoms with Crippen LogP contribution in [0.15, 0.2) is 18.2 Å². The normalized spacial score (nSPS) is 12.7. The summed E-state index contributed by atoms with van der Waals surface area (Å²) in [7, 11) is 1.68. The van der Waals surface area contributed by atoms with Crippen molar-refractivity contribution in [3.05, 3.63) is 55.2 Å². The highest BCUT2D eigenvalue weighted by molar-refractivity contribution is 7.16. The molecule has 2 rings (SSSR count). The van der Waals surface area contributed by atoms with E-state index < -0.39 is 17.7 Å². The van der Waals surface area contributed by atoms with Gasteiger partial charge in [-0.15, -0.1) is 11.3 Å². The van der Waals surface area contributed by atoms with Gasteiger partial charge in [0.05, 0.1) is 15.4 Å². The molecule has 0 fully saturated rings. The predicted molar refractivity (Wildman–Crippen MR) is 76.3 cm³/mol. The van der Waals surface area contributed by atoms with E-state index in [1.165, 1.54) is 11.3 Å². The number of hydrogen-bond donors (Lipinski definition) is 1. The van der Waals surface area contributed by atoms with Gasteiger partial charge in [-0.05, 0) is 37.7 Å². The van der Waals surface area contributed by atoms with Crippen LogP contribution in [0.1, 0.15) is 22.0 Å². The number of nitrogens with one attached hydrogen (secondary N) is 1. The Labute approximate surface area is 124 Å². The van der Waals surface area contributed by atoms with Crippen LogP contribution in [0, 0.1) is 18.6 Å². The number of rotatable bonds is 3. The summed E-state index contributed by atoms with van der Waals surface area (Å²) in [5.74, 6) is -1.19. The zero-order valence-electron chi connectivity index (χ0n) is 10.2. The maximum atomic E-state index is 13.9. The van der Waals surface area contributed by atoms with Crippen molar-refractivity contribution in [3.8, 4) is 0 Å². The van der Waals surface area contributed by atoms with E-state index in [1.54, 1.807) is 7.05 Å². The Morgan fingerprint density at radius 2 is 1.84 bits per heavy atom. The molecule has 0 saturated heterocycles. The van der Waals surface area contributed by atoms with E-state index in [0.29, 0.717) is 4.34 Å². The van der Waals surface area contributed by atoms with Crippen LogP contribution >= 0.6 is 34.5 Å². The number of hydrogen-bond acceptors (Lipinski definition) is 2. The standard InChI is InChI=1S/C13H11Cl2F2NS/c1-6-3-11(19-13(6)15)12(18-2)7-4-10(17)8(14)5-9(7)16/h3-5,12,18H,1-2H3. The molecule has 1 unspecified atom stereocenters. The van der Waals surface area contributed by atoms with Gasteiger partial charge in [0.25, 0.3) is 0 Å². The topological polar surface area (TPSA) is 12.0 Å². The monoisotopic (exact) mass is 321 g/mol. The first-order valence-electron chi connectivity index (χ1n) is 5.51. The van der Waals surface area contributed by atoms with E-state index in [9.17, 15) is 8.78 Å². The minimum absolute atomic E-state index is 0.210. The Balaban J connectivity index is 2.50. The van der Waals surface area contributed by atoms with Crippen LogP contribution < -0.4 is 5.32 Å². The Hall–Kier alpha value is -0.680. The molecular formula is C13H11Cl2F2NS. The van der Waals surface area contributed by atoms with Gasteiger partial charge in [0.2, 0.25) is 0 Å². The zero-order chi connectivity index (χ0) is 14.2. The van der Waals surface area contributed by atoms with Gasteiger partial charge in [0, 0.05) is 10.4 Å². The minimum Gasteiger partial charge on any atom is -0.309 e. The van der Waals surface area contributed by atoms with Crippen LogP contribution in [0.3, 0.4) is 0 Å². The first-order valence-corrected chi connectivity index (χ1v) is 7.08. The van der Waals surface area contributed by atoms with Gasteiger partial charge in [0.1, 0.15) is 11.6 Å². The molecule has 102 valence electrons. The third-order valence-corrected chi connectivity index (χ3v) is 4.71. The van der Waals surface area contributed by atoms with Crippen molar-refractivity contribution in [1.29, 1.82) is 0 Å². The van der Waals surface area contributed by atoms with Crippen LogP contribution in [-0.2, 0) is 0 Å². The molecule has 0 aliphatic rings. The van der Waals surface area contributed by atoms with Crippen molar-refractivity contribution in [2.45, 2.75) is 13.0 Å². The second kappa shape index (κ2) is 5.75. The third-order valence-electron chi connectivity index (χ3n) is 2.80. The van der Waals surface area contributed by atoms with Gasteiger partial charge in [-0.25, -0.2) is 8.78 Å². The first kappa shape index (κ1) is 14.7. The first-order chi connectivity index (χ1) is 8.93. The van der Waals surface area contributed by atoms with Crippen molar-refractivity contribution in [2.24, 2.45) is 0 Å². The Morgan fingerprint density at radius 1 is 1.16 bits per heavy atom. The maximum absolute atomic E-state index is 13.9. The molecule has 1 aromatic carbocycles. The summed E-state index contributed by atoms with van der Waals surface area (Å²) < 4.78 is 28.1. The average Bonchev–Trinajstić information content (AvgIpc) is 2.67. The molecule has 0 aliphatic heterocycles. The smallest absolute Gasteiger partial charge is 0.142 e. The molecule has 1 nitrogen and oxygen atoms in total. The fraction of sp³-hybridized carbons (Fsp3) is 0.231. The van der Waals surface area contributed by atoms with Crippen LogP contribution in [0.4, 0.5) is 8.78 Å². The summed E-state index contributed by atoms with van der Waals surface area (Å²) in [5.41, 5.74) is 1.12. The minimum atomic E-state index is -0.641. The summed E-state index contributed by atoms with van der Waals surface area (Å²) in [6.45, 7) is 1.87. The molecule has 0 radical (unpaired) electrons. The number of halogens is 4. The van der Waals surface area contributed by atoms with E-state index in [1.807, 2.05) is 13.0 Å². The molecule has 6 heteroatoms. The van der Waals surface area contributed by atoms with Crippen LogP contribution in [0.5, 0.6) is 0 Å². The van der Waals surface area contributed by atoms with Crippen molar-refractivity contribution in [3.63, 3.8) is 0 Å². The number of benzene rings is 1. The van der Waals surface area contributed by atoms with E-state index in [-0.39, 0.29) is 10.6 Å². The Bertz CT molecular complexity index is 593. The quantitative estimate of drug-likeness (QED) is 0.789. The molecular weight excluding hydrogens is 311 g/mol. The fourth-order valence-corrected chi connectivity index (χ4v) is 3.33. The molecule has 1 heterocycles. The molecule has 1 atom stereocenters. The third kappa shape index (κ3) is 2.92.